The van der Waals surface area contributed by atoms with E-state index in [0.29, 0.717) is 23.3 Å². The summed E-state index contributed by atoms with van der Waals surface area (Å²) in [6.45, 7) is 13.3. The number of carbonyl (C=O) groups excluding carboxylic acids is 1. The number of aromatic nitrogens is 6. The highest BCUT2D eigenvalue weighted by Crippen LogP contribution is 2.42. The predicted octanol–water partition coefficient (Wildman–Crippen LogP) is 6.06. The second-order valence-electron chi connectivity index (χ2n) is 13.2. The van der Waals surface area contributed by atoms with Crippen LogP contribution in [-0.4, -0.2) is 46.5 Å². The SMILES string of the molecule is CC1Cc2c(C(=O)O)nn(-c3cc(I)ccn3)c2CC1(C)C.CC1Cc2c(C(N)=O)nn(-c3cc(I)ccn3)c2CC1(C)C. The number of hydrogen-bond donors (Lipinski definition) is 2. The van der Waals surface area contributed by atoms with Gasteiger partial charge in [0.05, 0.1) is 11.4 Å². The van der Waals surface area contributed by atoms with Gasteiger partial charge in [-0.15, -0.1) is 0 Å². The van der Waals surface area contributed by atoms with E-state index in [1.807, 2.05) is 24.3 Å². The predicted molar refractivity (Wildman–Crippen MR) is 184 cm³/mol. The highest BCUT2D eigenvalue weighted by atomic mass is 127. The van der Waals surface area contributed by atoms with E-state index in [2.05, 4.69) is 107 Å². The van der Waals surface area contributed by atoms with Gasteiger partial charge in [-0.3, -0.25) is 4.79 Å². The van der Waals surface area contributed by atoms with Crippen LogP contribution in [0.5, 0.6) is 0 Å². The topological polar surface area (TPSA) is 142 Å². The molecule has 0 spiro atoms. The summed E-state index contributed by atoms with van der Waals surface area (Å²) in [4.78, 5) is 32.1. The lowest BCUT2D eigenvalue weighted by molar-refractivity contribution is 0.0687. The van der Waals surface area contributed by atoms with E-state index in [4.69, 9.17) is 5.73 Å². The molecule has 2 unspecified atom stereocenters. The maximum absolute atomic E-state index is 11.8. The number of amides is 1. The summed E-state index contributed by atoms with van der Waals surface area (Å²) in [5.74, 6) is 0.876. The molecule has 0 aliphatic heterocycles. The highest BCUT2D eigenvalue weighted by molar-refractivity contribution is 14.1. The standard InChI is InChI=1S/C16H19IN4O.C16H18IN3O2/c1-9-6-11-12(8-16(9,2)3)21(20-14(11)15(18)22)13-7-10(17)4-5-19-13;1-9-6-11-12(8-16(9,2)3)20(19-14(11)15(21)22)13-7-10(17)4-5-18-13/h4-5,7,9H,6,8H2,1-3H3,(H2,18,22);4-5,7,9H,6,8H2,1-3H3,(H,21,22). The summed E-state index contributed by atoms with van der Waals surface area (Å²) < 4.78 is 5.64. The molecule has 6 rings (SSSR count). The van der Waals surface area contributed by atoms with Crippen molar-refractivity contribution in [3.63, 3.8) is 0 Å². The first-order chi connectivity index (χ1) is 20.6. The van der Waals surface area contributed by atoms with Gasteiger partial charge in [-0.05, 0) is 118 Å². The van der Waals surface area contributed by atoms with E-state index < -0.39 is 11.9 Å². The first-order valence-electron chi connectivity index (χ1n) is 14.6. The maximum atomic E-state index is 11.8. The van der Waals surface area contributed by atoms with Gasteiger partial charge in [-0.2, -0.15) is 10.2 Å². The Kier molecular flexibility index (Phi) is 8.97. The van der Waals surface area contributed by atoms with E-state index in [9.17, 15) is 14.7 Å². The molecule has 232 valence electrons. The molecule has 0 saturated carbocycles. The molecule has 4 aromatic heterocycles. The number of carboxylic acid groups (broad SMARTS) is 1. The van der Waals surface area contributed by atoms with Gasteiger partial charge in [-0.1, -0.05) is 41.5 Å². The van der Waals surface area contributed by atoms with Gasteiger partial charge in [0, 0.05) is 30.7 Å². The third kappa shape index (κ3) is 6.28. The number of primary amides is 1. The van der Waals surface area contributed by atoms with Gasteiger partial charge in [0.15, 0.2) is 23.0 Å². The van der Waals surface area contributed by atoms with Crippen LogP contribution in [0.25, 0.3) is 11.6 Å². The molecule has 2 aliphatic carbocycles. The van der Waals surface area contributed by atoms with Gasteiger partial charge >= 0.3 is 5.97 Å². The van der Waals surface area contributed by atoms with Crippen molar-refractivity contribution in [3.8, 4) is 11.6 Å². The van der Waals surface area contributed by atoms with Crippen molar-refractivity contribution < 1.29 is 14.7 Å². The molecule has 0 bridgehead atoms. The minimum absolute atomic E-state index is 0.114. The fourth-order valence-corrected chi connectivity index (χ4v) is 6.79. The molecule has 12 heteroatoms. The Morgan fingerprint density at radius 3 is 1.61 bits per heavy atom. The van der Waals surface area contributed by atoms with Gasteiger partial charge in [0.1, 0.15) is 0 Å². The summed E-state index contributed by atoms with van der Waals surface area (Å²) in [7, 11) is 0. The van der Waals surface area contributed by atoms with Crippen molar-refractivity contribution in [3.05, 3.63) is 77.7 Å². The fraction of sp³-hybridized carbons (Fsp3) is 0.438. The Morgan fingerprint density at radius 1 is 0.818 bits per heavy atom. The normalized spacial score (nSPS) is 19.7. The molecule has 44 heavy (non-hydrogen) atoms. The first kappa shape index (κ1) is 32.5. The summed E-state index contributed by atoms with van der Waals surface area (Å²) in [6, 6.07) is 7.72. The molecule has 0 aromatic carbocycles. The van der Waals surface area contributed by atoms with Crippen LogP contribution in [0.15, 0.2) is 36.7 Å². The van der Waals surface area contributed by atoms with Crippen molar-refractivity contribution in [2.75, 3.05) is 0 Å². The van der Waals surface area contributed by atoms with Crippen LogP contribution in [0.4, 0.5) is 0 Å². The smallest absolute Gasteiger partial charge is 0.356 e. The number of hydrogen-bond acceptors (Lipinski definition) is 6. The second kappa shape index (κ2) is 12.1. The summed E-state index contributed by atoms with van der Waals surface area (Å²) >= 11 is 4.47. The van der Waals surface area contributed by atoms with Crippen LogP contribution in [0.2, 0.25) is 0 Å². The van der Waals surface area contributed by atoms with E-state index >= 15 is 0 Å². The molecule has 0 saturated heterocycles. The number of carboxylic acids is 1. The zero-order chi connectivity index (χ0) is 32.1. The van der Waals surface area contributed by atoms with E-state index in [-0.39, 0.29) is 16.5 Å². The van der Waals surface area contributed by atoms with Crippen LogP contribution in [0.1, 0.15) is 85.0 Å². The van der Waals surface area contributed by atoms with Gasteiger partial charge < -0.3 is 10.8 Å². The number of nitrogens with two attached hydrogens (primary N) is 1. The molecule has 2 atom stereocenters. The molecular formula is C32H37I2N7O3. The number of carbonyl (C=O) groups is 2. The number of nitrogens with zero attached hydrogens (tertiary/aromatic N) is 6. The molecule has 0 fully saturated rings. The van der Waals surface area contributed by atoms with Gasteiger partial charge in [0.2, 0.25) is 0 Å². The zero-order valence-corrected chi connectivity index (χ0v) is 30.0. The van der Waals surface area contributed by atoms with Crippen molar-refractivity contribution in [2.45, 2.75) is 67.2 Å². The van der Waals surface area contributed by atoms with Crippen molar-refractivity contribution in [1.29, 1.82) is 0 Å². The summed E-state index contributed by atoms with van der Waals surface area (Å²) in [6.07, 6.45) is 6.71. The Balaban J connectivity index is 0.000000175. The first-order valence-corrected chi connectivity index (χ1v) is 16.7. The summed E-state index contributed by atoms with van der Waals surface area (Å²) in [5.41, 5.74) is 10.2. The molecule has 1 amide bonds. The van der Waals surface area contributed by atoms with E-state index in [1.54, 1.807) is 21.8 Å². The minimum atomic E-state index is -0.965. The molecule has 10 nitrogen and oxygen atoms in total. The van der Waals surface area contributed by atoms with Gasteiger partial charge in [0.25, 0.3) is 5.91 Å². The number of aromatic carboxylic acids is 1. The Hall–Kier alpha value is -2.88. The Bertz CT molecular complexity index is 1630. The number of pyridine rings is 2. The quantitative estimate of drug-likeness (QED) is 0.239. The molecule has 4 heterocycles. The molecule has 4 aromatic rings. The lowest BCUT2D eigenvalue weighted by atomic mass is 9.69. The largest absolute Gasteiger partial charge is 0.476 e. The third-order valence-corrected chi connectivity index (χ3v) is 10.7. The van der Waals surface area contributed by atoms with Crippen molar-refractivity contribution in [1.82, 2.24) is 29.5 Å². The van der Waals surface area contributed by atoms with Crippen LogP contribution in [0, 0.1) is 29.8 Å². The highest BCUT2D eigenvalue weighted by Gasteiger charge is 2.39. The lowest BCUT2D eigenvalue weighted by Crippen LogP contribution is -2.32. The monoisotopic (exact) mass is 821 g/mol. The minimum Gasteiger partial charge on any atom is -0.476 e. The van der Waals surface area contributed by atoms with E-state index in [1.165, 1.54) is 0 Å². The van der Waals surface area contributed by atoms with Crippen molar-refractivity contribution >= 4 is 57.1 Å². The molecule has 3 N–H and O–H groups in total. The van der Waals surface area contributed by atoms with E-state index in [0.717, 1.165) is 61.2 Å². The van der Waals surface area contributed by atoms with Gasteiger partial charge in [-0.25, -0.2) is 24.1 Å². The van der Waals surface area contributed by atoms with Crippen LogP contribution in [-0.2, 0) is 25.7 Å². The zero-order valence-electron chi connectivity index (χ0n) is 25.7. The van der Waals surface area contributed by atoms with Crippen LogP contribution < -0.4 is 5.73 Å². The number of rotatable bonds is 4. The molecule has 2 aliphatic rings. The summed E-state index contributed by atoms with van der Waals surface area (Å²) in [5, 5.41) is 18.3. The number of fused-ring (bicyclic) bond motifs is 2. The molecule has 0 radical (unpaired) electrons. The van der Waals surface area contributed by atoms with Crippen molar-refractivity contribution in [2.24, 2.45) is 28.4 Å². The average molecular weight is 822 g/mol. The second-order valence-corrected chi connectivity index (χ2v) is 15.7. The molecular weight excluding hydrogens is 784 g/mol. The Morgan fingerprint density at radius 2 is 1.23 bits per heavy atom. The Labute approximate surface area is 284 Å². The van der Waals surface area contributed by atoms with Crippen LogP contribution >= 0.6 is 45.2 Å². The lowest BCUT2D eigenvalue weighted by Gasteiger charge is -2.36. The van der Waals surface area contributed by atoms with Crippen LogP contribution in [0.3, 0.4) is 0 Å². The fourth-order valence-electron chi connectivity index (χ4n) is 5.91. The third-order valence-electron chi connectivity index (χ3n) is 9.40. The maximum Gasteiger partial charge on any atom is 0.356 e. The number of halogens is 2. The average Bonchev–Trinajstić information content (AvgIpc) is 3.47.